The zero-order chi connectivity index (χ0) is 11.4. The number of nitrogens with one attached hydrogen (secondary N) is 1. The Hall–Kier alpha value is -1.13. The van der Waals surface area contributed by atoms with Crippen LogP contribution in [0.4, 0.5) is 0 Å². The molecule has 1 saturated heterocycles. The van der Waals surface area contributed by atoms with Crippen molar-refractivity contribution < 1.29 is 5.11 Å². The zero-order valence-corrected chi connectivity index (χ0v) is 9.69. The Labute approximate surface area is 96.3 Å². The summed E-state index contributed by atoms with van der Waals surface area (Å²) in [5, 5.41) is 12.6. The number of aromatic nitrogens is 1. The number of aromatic hydroxyl groups is 1. The van der Waals surface area contributed by atoms with E-state index in [1.54, 1.807) is 6.07 Å². The lowest BCUT2D eigenvalue weighted by Gasteiger charge is -2.30. The first-order valence-corrected chi connectivity index (χ1v) is 5.80. The summed E-state index contributed by atoms with van der Waals surface area (Å²) in [7, 11) is 2.16. The van der Waals surface area contributed by atoms with Crippen molar-refractivity contribution in [1.82, 2.24) is 15.2 Å². The van der Waals surface area contributed by atoms with Crippen LogP contribution in [0.5, 0.6) is 5.75 Å². The Morgan fingerprint density at radius 2 is 2.44 bits per heavy atom. The highest BCUT2D eigenvalue weighted by molar-refractivity contribution is 5.17. The molecule has 0 spiro atoms. The molecule has 88 valence electrons. The van der Waals surface area contributed by atoms with E-state index in [0.717, 1.165) is 18.8 Å². The zero-order valence-electron chi connectivity index (χ0n) is 9.69. The first kappa shape index (κ1) is 11.4. The van der Waals surface area contributed by atoms with E-state index < -0.39 is 0 Å². The molecule has 1 unspecified atom stereocenters. The molecule has 2 N–H and O–H groups in total. The van der Waals surface area contributed by atoms with Crippen LogP contribution in [0.2, 0.25) is 0 Å². The van der Waals surface area contributed by atoms with E-state index in [1.165, 1.54) is 25.6 Å². The number of hydrogen-bond donors (Lipinski definition) is 2. The molecule has 0 amide bonds. The number of rotatable bonds is 3. The highest BCUT2D eigenvalue weighted by atomic mass is 16.3. The average Bonchev–Trinajstić information content (AvgIpc) is 2.28. The van der Waals surface area contributed by atoms with Crippen molar-refractivity contribution in [2.45, 2.75) is 25.4 Å². The molecule has 0 radical (unpaired) electrons. The molecule has 0 saturated carbocycles. The Balaban J connectivity index is 1.80. The minimum Gasteiger partial charge on any atom is -0.506 e. The topological polar surface area (TPSA) is 48.4 Å². The standard InChI is InChI=1S/C12H19N3O/c1-15-6-2-3-11(9-15)13-7-10-4-5-12(16)8-14-10/h4-5,8,11,13,16H,2-3,6-7,9H2,1H3. The van der Waals surface area contributed by atoms with Crippen LogP contribution in [-0.2, 0) is 6.54 Å². The van der Waals surface area contributed by atoms with Gasteiger partial charge in [0, 0.05) is 19.1 Å². The van der Waals surface area contributed by atoms with Gasteiger partial charge in [-0.1, -0.05) is 0 Å². The average molecular weight is 221 g/mol. The summed E-state index contributed by atoms with van der Waals surface area (Å²) in [5.41, 5.74) is 0.978. The Bertz CT molecular complexity index is 326. The maximum absolute atomic E-state index is 9.12. The summed E-state index contributed by atoms with van der Waals surface area (Å²) >= 11 is 0. The fraction of sp³-hybridized carbons (Fsp3) is 0.583. The highest BCUT2D eigenvalue weighted by Crippen LogP contribution is 2.09. The van der Waals surface area contributed by atoms with Crippen LogP contribution in [0.25, 0.3) is 0 Å². The van der Waals surface area contributed by atoms with Gasteiger partial charge in [-0.15, -0.1) is 0 Å². The van der Waals surface area contributed by atoms with Crippen molar-refractivity contribution in [3.8, 4) is 5.75 Å². The van der Waals surface area contributed by atoms with Gasteiger partial charge in [0.1, 0.15) is 5.75 Å². The van der Waals surface area contributed by atoms with Gasteiger partial charge in [0.15, 0.2) is 0 Å². The lowest BCUT2D eigenvalue weighted by Crippen LogP contribution is -2.43. The molecule has 4 nitrogen and oxygen atoms in total. The molecule has 0 bridgehead atoms. The van der Waals surface area contributed by atoms with Crippen LogP contribution in [0, 0.1) is 0 Å². The van der Waals surface area contributed by atoms with E-state index in [0.29, 0.717) is 6.04 Å². The SMILES string of the molecule is CN1CCCC(NCc2ccc(O)cn2)C1. The van der Waals surface area contributed by atoms with E-state index >= 15 is 0 Å². The molecule has 0 aliphatic carbocycles. The van der Waals surface area contributed by atoms with Crippen LogP contribution in [0.3, 0.4) is 0 Å². The number of piperidine rings is 1. The third-order valence-corrected chi connectivity index (χ3v) is 3.01. The summed E-state index contributed by atoms with van der Waals surface area (Å²) in [6, 6.07) is 4.10. The normalized spacial score (nSPS) is 22.2. The van der Waals surface area contributed by atoms with Crippen molar-refractivity contribution in [3.05, 3.63) is 24.0 Å². The minimum absolute atomic E-state index is 0.223. The summed E-state index contributed by atoms with van der Waals surface area (Å²) < 4.78 is 0. The predicted octanol–water partition coefficient (Wildman–Crippen LogP) is 0.971. The van der Waals surface area contributed by atoms with Crippen LogP contribution in [0.1, 0.15) is 18.5 Å². The Morgan fingerprint density at radius 3 is 3.12 bits per heavy atom. The lowest BCUT2D eigenvalue weighted by molar-refractivity contribution is 0.226. The Kier molecular flexibility index (Phi) is 3.74. The molecule has 1 fully saturated rings. The second kappa shape index (κ2) is 5.27. The first-order valence-electron chi connectivity index (χ1n) is 5.80. The largest absolute Gasteiger partial charge is 0.506 e. The lowest BCUT2D eigenvalue weighted by atomic mass is 10.1. The van der Waals surface area contributed by atoms with E-state index in [2.05, 4.69) is 22.2 Å². The van der Waals surface area contributed by atoms with E-state index in [1.807, 2.05) is 6.07 Å². The molecule has 1 aliphatic rings. The number of hydrogen-bond acceptors (Lipinski definition) is 4. The predicted molar refractivity (Wildman–Crippen MR) is 63.3 cm³/mol. The van der Waals surface area contributed by atoms with Gasteiger partial charge in [-0.2, -0.15) is 0 Å². The van der Waals surface area contributed by atoms with Crippen molar-refractivity contribution in [2.75, 3.05) is 20.1 Å². The van der Waals surface area contributed by atoms with Gasteiger partial charge < -0.3 is 15.3 Å². The molecular weight excluding hydrogens is 202 g/mol. The number of likely N-dealkylation sites (N-methyl/N-ethyl adjacent to an activating group) is 1. The van der Waals surface area contributed by atoms with Crippen LogP contribution >= 0.6 is 0 Å². The summed E-state index contributed by atoms with van der Waals surface area (Å²) in [4.78, 5) is 6.51. The second-order valence-corrected chi connectivity index (χ2v) is 4.49. The van der Waals surface area contributed by atoms with Gasteiger partial charge in [0.05, 0.1) is 11.9 Å². The van der Waals surface area contributed by atoms with Crippen LogP contribution in [0.15, 0.2) is 18.3 Å². The molecule has 1 aromatic heterocycles. The van der Waals surface area contributed by atoms with Gasteiger partial charge in [-0.05, 0) is 38.6 Å². The van der Waals surface area contributed by atoms with Gasteiger partial charge in [0.25, 0.3) is 0 Å². The quantitative estimate of drug-likeness (QED) is 0.798. The monoisotopic (exact) mass is 221 g/mol. The molecule has 2 rings (SSSR count). The third kappa shape index (κ3) is 3.18. The second-order valence-electron chi connectivity index (χ2n) is 4.49. The molecular formula is C12H19N3O. The van der Waals surface area contributed by atoms with Crippen molar-refractivity contribution in [1.29, 1.82) is 0 Å². The molecule has 2 heterocycles. The van der Waals surface area contributed by atoms with Gasteiger partial charge in [-0.25, -0.2) is 0 Å². The van der Waals surface area contributed by atoms with E-state index in [-0.39, 0.29) is 5.75 Å². The summed E-state index contributed by atoms with van der Waals surface area (Å²) in [5.74, 6) is 0.223. The summed E-state index contributed by atoms with van der Waals surface area (Å²) in [6.45, 7) is 3.09. The first-order chi connectivity index (χ1) is 7.74. The summed E-state index contributed by atoms with van der Waals surface area (Å²) in [6.07, 6.45) is 3.99. The van der Waals surface area contributed by atoms with Crippen molar-refractivity contribution in [3.63, 3.8) is 0 Å². The number of nitrogens with zero attached hydrogens (tertiary/aromatic N) is 2. The minimum atomic E-state index is 0.223. The van der Waals surface area contributed by atoms with E-state index in [9.17, 15) is 0 Å². The van der Waals surface area contributed by atoms with Crippen molar-refractivity contribution >= 4 is 0 Å². The smallest absolute Gasteiger partial charge is 0.133 e. The van der Waals surface area contributed by atoms with Gasteiger partial charge >= 0.3 is 0 Å². The van der Waals surface area contributed by atoms with Crippen LogP contribution < -0.4 is 5.32 Å². The van der Waals surface area contributed by atoms with E-state index in [4.69, 9.17) is 5.11 Å². The molecule has 16 heavy (non-hydrogen) atoms. The number of pyridine rings is 1. The molecule has 1 atom stereocenters. The van der Waals surface area contributed by atoms with Gasteiger partial charge in [-0.3, -0.25) is 4.98 Å². The fourth-order valence-corrected chi connectivity index (χ4v) is 2.10. The maximum Gasteiger partial charge on any atom is 0.133 e. The van der Waals surface area contributed by atoms with Crippen LogP contribution in [-0.4, -0.2) is 41.2 Å². The fourth-order valence-electron chi connectivity index (χ4n) is 2.10. The molecule has 1 aliphatic heterocycles. The molecule has 0 aromatic carbocycles. The Morgan fingerprint density at radius 1 is 1.56 bits per heavy atom. The third-order valence-electron chi connectivity index (χ3n) is 3.01. The van der Waals surface area contributed by atoms with Gasteiger partial charge in [0.2, 0.25) is 0 Å². The maximum atomic E-state index is 9.12. The van der Waals surface area contributed by atoms with Crippen molar-refractivity contribution in [2.24, 2.45) is 0 Å². The molecule has 4 heteroatoms. The number of likely N-dealkylation sites (tertiary alicyclic amines) is 1. The highest BCUT2D eigenvalue weighted by Gasteiger charge is 2.16. The molecule has 1 aromatic rings.